The molecule has 0 unspecified atom stereocenters. The van der Waals surface area contributed by atoms with Crippen molar-refractivity contribution >= 4 is 5.97 Å². The average molecular weight is 291 g/mol. The minimum absolute atomic E-state index is 0.138. The van der Waals surface area contributed by atoms with Crippen LogP contribution in [-0.2, 0) is 4.79 Å². The van der Waals surface area contributed by atoms with Crippen molar-refractivity contribution < 1.29 is 9.90 Å². The van der Waals surface area contributed by atoms with E-state index in [1.807, 2.05) is 0 Å². The van der Waals surface area contributed by atoms with Gasteiger partial charge in [0.25, 0.3) is 0 Å². The van der Waals surface area contributed by atoms with E-state index in [9.17, 15) is 9.90 Å². The molecule has 3 nitrogen and oxygen atoms in total. The molecule has 21 heavy (non-hydrogen) atoms. The summed E-state index contributed by atoms with van der Waals surface area (Å²) < 4.78 is 0. The molecule has 2 atom stereocenters. The minimum Gasteiger partial charge on any atom is -0.481 e. The lowest BCUT2D eigenvalue weighted by Crippen LogP contribution is -2.47. The molecule has 0 aromatic rings. The summed E-state index contributed by atoms with van der Waals surface area (Å²) in [5.41, 5.74) is 0.638. The van der Waals surface area contributed by atoms with E-state index in [4.69, 9.17) is 0 Å². The summed E-state index contributed by atoms with van der Waals surface area (Å²) in [4.78, 5) is 13.7. The normalized spacial score (nSPS) is 48.9. The lowest BCUT2D eigenvalue weighted by Gasteiger charge is -2.57. The topological polar surface area (TPSA) is 40.5 Å². The van der Waals surface area contributed by atoms with Crippen LogP contribution in [0.4, 0.5) is 0 Å². The van der Waals surface area contributed by atoms with Crippen LogP contribution in [0, 0.1) is 35.0 Å². The highest BCUT2D eigenvalue weighted by Gasteiger charge is 2.50. The summed E-state index contributed by atoms with van der Waals surface area (Å²) >= 11 is 0. The summed E-state index contributed by atoms with van der Waals surface area (Å²) in [5, 5.41) is 9.27. The lowest BCUT2D eigenvalue weighted by molar-refractivity contribution is -0.142. The van der Waals surface area contributed by atoms with Crippen LogP contribution in [0.15, 0.2) is 0 Å². The Kier molecular flexibility index (Phi) is 3.33. The van der Waals surface area contributed by atoms with Crippen molar-refractivity contribution in [1.29, 1.82) is 0 Å². The van der Waals surface area contributed by atoms with Gasteiger partial charge in [0.05, 0.1) is 5.92 Å². The van der Waals surface area contributed by atoms with E-state index in [1.165, 1.54) is 44.9 Å². The average Bonchev–Trinajstić information content (AvgIpc) is 2.76. The molecular weight excluding hydrogens is 262 g/mol. The molecule has 0 amide bonds. The van der Waals surface area contributed by atoms with Crippen molar-refractivity contribution in [3.05, 3.63) is 0 Å². The van der Waals surface area contributed by atoms with Gasteiger partial charge in [-0.3, -0.25) is 4.79 Å². The fraction of sp³-hybridized carbons (Fsp3) is 0.944. The Bertz CT molecular complexity index is 398. The first-order valence-electron chi connectivity index (χ1n) is 8.98. The first kappa shape index (κ1) is 14.0. The molecule has 1 heterocycles. The number of hydrogen-bond acceptors (Lipinski definition) is 2. The second-order valence-electron chi connectivity index (χ2n) is 8.85. The Labute approximate surface area is 128 Å². The van der Waals surface area contributed by atoms with Gasteiger partial charge >= 0.3 is 5.97 Å². The Morgan fingerprint density at radius 2 is 1.67 bits per heavy atom. The maximum atomic E-state index is 11.3. The number of carboxylic acid groups (broad SMARTS) is 1. The van der Waals surface area contributed by atoms with Crippen LogP contribution >= 0.6 is 0 Å². The number of hydrogen-bond donors (Lipinski definition) is 1. The van der Waals surface area contributed by atoms with Gasteiger partial charge in [0, 0.05) is 13.1 Å². The van der Waals surface area contributed by atoms with Gasteiger partial charge in [-0.25, -0.2) is 0 Å². The van der Waals surface area contributed by atoms with Crippen LogP contribution in [0.5, 0.6) is 0 Å². The van der Waals surface area contributed by atoms with Gasteiger partial charge in [-0.15, -0.1) is 0 Å². The van der Waals surface area contributed by atoms with Gasteiger partial charge in [0.2, 0.25) is 0 Å². The number of aliphatic carboxylic acids is 1. The number of rotatable bonds is 4. The van der Waals surface area contributed by atoms with E-state index in [0.717, 1.165) is 37.4 Å². The van der Waals surface area contributed by atoms with E-state index in [0.29, 0.717) is 11.3 Å². The molecule has 118 valence electrons. The summed E-state index contributed by atoms with van der Waals surface area (Å²) in [6, 6.07) is 0. The highest BCUT2D eigenvalue weighted by molar-refractivity contribution is 5.71. The zero-order valence-electron chi connectivity index (χ0n) is 13.3. The maximum Gasteiger partial charge on any atom is 0.308 e. The third-order valence-corrected chi connectivity index (χ3v) is 7.13. The predicted octanol–water partition coefficient (Wildman–Crippen LogP) is 3.25. The zero-order chi connectivity index (χ0) is 14.6. The van der Waals surface area contributed by atoms with Crippen molar-refractivity contribution in [3.8, 4) is 0 Å². The first-order chi connectivity index (χ1) is 10.0. The molecule has 0 spiro atoms. The second kappa shape index (κ2) is 4.97. The smallest absolute Gasteiger partial charge is 0.308 e. The molecule has 5 fully saturated rings. The Hall–Kier alpha value is -0.570. The van der Waals surface area contributed by atoms with Crippen molar-refractivity contribution in [2.75, 3.05) is 19.6 Å². The molecule has 4 bridgehead atoms. The number of nitrogens with zero attached hydrogens (tertiary/aromatic N) is 1. The molecule has 4 saturated carbocycles. The Morgan fingerprint density at radius 1 is 1.10 bits per heavy atom. The van der Waals surface area contributed by atoms with Crippen LogP contribution in [0.25, 0.3) is 0 Å². The van der Waals surface area contributed by atoms with Crippen LogP contribution in [0.1, 0.15) is 51.9 Å². The van der Waals surface area contributed by atoms with Gasteiger partial charge in [-0.1, -0.05) is 6.92 Å². The molecule has 1 saturated heterocycles. The van der Waals surface area contributed by atoms with Gasteiger partial charge in [-0.2, -0.15) is 0 Å². The SMILES string of the molecule is C[C@@H]1CN(CCC23CC4CC(CC(C4)C2)C3)C[C@H]1C(=O)O. The van der Waals surface area contributed by atoms with Crippen molar-refractivity contribution in [2.45, 2.75) is 51.9 Å². The molecule has 4 aliphatic carbocycles. The van der Waals surface area contributed by atoms with Crippen molar-refractivity contribution in [3.63, 3.8) is 0 Å². The van der Waals surface area contributed by atoms with Gasteiger partial charge in [0.15, 0.2) is 0 Å². The Morgan fingerprint density at radius 3 is 2.14 bits per heavy atom. The lowest BCUT2D eigenvalue weighted by atomic mass is 9.49. The fourth-order valence-corrected chi connectivity index (χ4v) is 6.56. The number of likely N-dealkylation sites (tertiary alicyclic amines) is 1. The van der Waals surface area contributed by atoms with E-state index < -0.39 is 5.97 Å². The molecule has 3 heteroatoms. The molecular formula is C18H29NO2. The Balaban J connectivity index is 1.36. The van der Waals surface area contributed by atoms with E-state index in [1.54, 1.807) is 0 Å². The molecule has 1 N–H and O–H groups in total. The van der Waals surface area contributed by atoms with E-state index in [2.05, 4.69) is 11.8 Å². The number of carboxylic acids is 1. The highest BCUT2D eigenvalue weighted by Crippen LogP contribution is 2.61. The summed E-state index contributed by atoms with van der Waals surface area (Å²) in [7, 11) is 0. The quantitative estimate of drug-likeness (QED) is 0.864. The first-order valence-corrected chi connectivity index (χ1v) is 8.98. The van der Waals surface area contributed by atoms with Crippen LogP contribution < -0.4 is 0 Å². The number of carbonyl (C=O) groups is 1. The molecule has 1 aliphatic heterocycles. The molecule has 0 aromatic heterocycles. The zero-order valence-corrected chi connectivity index (χ0v) is 13.3. The summed E-state index contributed by atoms with van der Waals surface area (Å²) in [6.07, 6.45) is 10.3. The van der Waals surface area contributed by atoms with E-state index in [-0.39, 0.29) is 5.92 Å². The third kappa shape index (κ3) is 2.52. The largest absolute Gasteiger partial charge is 0.481 e. The maximum absolute atomic E-state index is 11.3. The van der Waals surface area contributed by atoms with Gasteiger partial charge in [-0.05, 0) is 80.6 Å². The highest BCUT2D eigenvalue weighted by atomic mass is 16.4. The standard InChI is InChI=1S/C18H29NO2/c1-12-10-19(11-16(12)17(20)21)3-2-18-7-13-4-14(8-18)6-15(5-13)9-18/h12-16H,2-11H2,1H3,(H,20,21)/t12-,13?,14?,15?,16-,18?/m1/s1. The summed E-state index contributed by atoms with van der Waals surface area (Å²) in [6.45, 7) is 5.01. The van der Waals surface area contributed by atoms with Gasteiger partial charge in [0.1, 0.15) is 0 Å². The summed E-state index contributed by atoms with van der Waals surface area (Å²) in [5.74, 6) is 2.67. The predicted molar refractivity (Wildman–Crippen MR) is 82.0 cm³/mol. The minimum atomic E-state index is -0.597. The van der Waals surface area contributed by atoms with Crippen LogP contribution in [0.2, 0.25) is 0 Å². The molecule has 5 aliphatic rings. The molecule has 5 rings (SSSR count). The monoisotopic (exact) mass is 291 g/mol. The van der Waals surface area contributed by atoms with E-state index >= 15 is 0 Å². The molecule has 0 aromatic carbocycles. The third-order valence-electron chi connectivity index (χ3n) is 7.13. The van der Waals surface area contributed by atoms with Crippen LogP contribution in [0.3, 0.4) is 0 Å². The van der Waals surface area contributed by atoms with Crippen molar-refractivity contribution in [2.24, 2.45) is 35.0 Å². The van der Waals surface area contributed by atoms with Crippen LogP contribution in [-0.4, -0.2) is 35.6 Å². The van der Waals surface area contributed by atoms with Crippen molar-refractivity contribution in [1.82, 2.24) is 4.90 Å². The van der Waals surface area contributed by atoms with Gasteiger partial charge < -0.3 is 10.0 Å². The fourth-order valence-electron chi connectivity index (χ4n) is 6.56. The molecule has 0 radical (unpaired) electrons. The second-order valence-corrected chi connectivity index (χ2v) is 8.85.